The van der Waals surface area contributed by atoms with Crippen LogP contribution in [0.25, 0.3) is 0 Å². The highest BCUT2D eigenvalue weighted by Crippen LogP contribution is 2.68. The molecule has 0 spiro atoms. The number of carbonyl (C=O) groups excluding carboxylic acids is 4. The monoisotopic (exact) mass is 925 g/mol. The number of nitrogens with one attached hydrogen (secondary N) is 2. The number of hydrogen-bond acceptors (Lipinski definition) is 4. The Morgan fingerprint density at radius 3 is 1.80 bits per heavy atom. The van der Waals surface area contributed by atoms with Crippen molar-refractivity contribution in [1.82, 2.24) is 10.6 Å². The van der Waals surface area contributed by atoms with E-state index in [9.17, 15) is 58.7 Å². The molecule has 1 aromatic rings. The van der Waals surface area contributed by atoms with Crippen molar-refractivity contribution in [3.63, 3.8) is 0 Å². The van der Waals surface area contributed by atoms with Gasteiger partial charge in [0.1, 0.15) is 0 Å². The molecule has 6 saturated carbocycles. The summed E-state index contributed by atoms with van der Waals surface area (Å²) >= 11 is 0. The summed E-state index contributed by atoms with van der Waals surface area (Å²) in [7, 11) is 0. The summed E-state index contributed by atoms with van der Waals surface area (Å²) in [6.07, 6.45) is -0.798. The van der Waals surface area contributed by atoms with Gasteiger partial charge in [0.2, 0.25) is 17.7 Å². The minimum atomic E-state index is -6.10. The predicted octanol–water partition coefficient (Wildman–Crippen LogP) is 10.7. The van der Waals surface area contributed by atoms with E-state index >= 15 is 0 Å². The molecular formula is C49H60F9N3O4. The van der Waals surface area contributed by atoms with Gasteiger partial charge in [-0.3, -0.25) is 19.2 Å². The fourth-order valence-corrected chi connectivity index (χ4v) is 15.7. The highest BCUT2D eigenvalue weighted by atomic mass is 19.4. The van der Waals surface area contributed by atoms with E-state index in [1.54, 1.807) is 19.1 Å². The molecule has 1 heterocycles. The van der Waals surface area contributed by atoms with Gasteiger partial charge >= 0.3 is 18.5 Å². The van der Waals surface area contributed by atoms with Gasteiger partial charge < -0.3 is 16.4 Å². The lowest BCUT2D eigenvalue weighted by molar-refractivity contribution is -0.312. The van der Waals surface area contributed by atoms with Crippen molar-refractivity contribution in [1.29, 1.82) is 0 Å². The Hall–Kier alpha value is -3.85. The number of hydrogen-bond donors (Lipinski definition) is 3. The quantitative estimate of drug-likeness (QED) is 0.261. The molecule has 16 heteroatoms. The zero-order valence-corrected chi connectivity index (χ0v) is 37.2. The Kier molecular flexibility index (Phi) is 11.6. The maximum absolute atomic E-state index is 14.4. The molecule has 0 radical (unpaired) electrons. The molecule has 1 aromatic carbocycles. The average molecular weight is 926 g/mol. The second-order valence-electron chi connectivity index (χ2n) is 21.7. The lowest BCUT2D eigenvalue weighted by atomic mass is 9.47. The van der Waals surface area contributed by atoms with Crippen molar-refractivity contribution in [2.24, 2.45) is 74.7 Å². The number of carbonyl (C=O) groups is 4. The number of halogens is 9. The van der Waals surface area contributed by atoms with Crippen LogP contribution in [0.5, 0.6) is 0 Å². The largest absolute Gasteiger partial charge is 0.424 e. The van der Waals surface area contributed by atoms with E-state index in [4.69, 9.17) is 5.73 Å². The standard InChI is InChI=1S/C30H32F9NO2.C19H28N2O2/c1-25-13-11-19(41)15-18(25)7-8-20-21-9-10-23(26(21,2)14-12-22(20)25)24(42)40-27(29(34,35)36,30(37,38)39)16-3-5-17(6-4-16)28(31,32)33;1-18-9-7-13-11(12(18)4-5-14(18)17(20)23)3-6-15-19(13,2)10-8-16(22)21-15/h3-6,15,20-23H,7-14H2,1-2H3,(H,40,42);8,10-15H,3-7,9H2,1-2H3,(H2,20,23)(H,21,22)/t20?,21?,22?,23-,25+,26+;11-,12-,13-,14+,15+,18-,19+/m10/s1. The van der Waals surface area contributed by atoms with Gasteiger partial charge in [-0.25, -0.2) is 0 Å². The Labute approximate surface area is 373 Å². The fourth-order valence-electron chi connectivity index (χ4n) is 15.7. The van der Waals surface area contributed by atoms with E-state index < -0.39 is 52.4 Å². The molecule has 9 rings (SSSR count). The molecule has 0 aromatic heterocycles. The van der Waals surface area contributed by atoms with Crippen LogP contribution in [0.3, 0.4) is 0 Å². The molecule has 0 saturated heterocycles. The van der Waals surface area contributed by atoms with Crippen LogP contribution in [-0.2, 0) is 30.9 Å². The molecule has 1 aliphatic heterocycles. The van der Waals surface area contributed by atoms with Crippen LogP contribution in [0.1, 0.15) is 129 Å². The summed E-state index contributed by atoms with van der Waals surface area (Å²) in [5, 5.41) is 4.49. The Bertz CT molecular complexity index is 2140. The normalized spacial score (nSPS) is 40.0. The lowest BCUT2D eigenvalue weighted by Gasteiger charge is -2.58. The first-order chi connectivity index (χ1) is 30.1. The van der Waals surface area contributed by atoms with Crippen molar-refractivity contribution in [2.75, 3.05) is 0 Å². The first-order valence-electron chi connectivity index (χ1n) is 23.3. The van der Waals surface area contributed by atoms with Crippen molar-refractivity contribution in [2.45, 2.75) is 148 Å². The van der Waals surface area contributed by atoms with E-state index in [0.717, 1.165) is 44.1 Å². The zero-order chi connectivity index (χ0) is 47.5. The summed E-state index contributed by atoms with van der Waals surface area (Å²) in [6, 6.07) is 0.813. The van der Waals surface area contributed by atoms with Crippen LogP contribution in [0.2, 0.25) is 0 Å². The summed E-state index contributed by atoms with van der Waals surface area (Å²) in [4.78, 5) is 49.3. The van der Waals surface area contributed by atoms with E-state index in [-0.39, 0.29) is 94.2 Å². The molecule has 7 aliphatic carbocycles. The molecular weight excluding hydrogens is 866 g/mol. The number of amides is 3. The predicted molar refractivity (Wildman–Crippen MR) is 222 cm³/mol. The minimum absolute atomic E-state index is 0.0561. The van der Waals surface area contributed by atoms with Crippen LogP contribution in [0.15, 0.2) is 48.1 Å². The molecule has 7 nitrogen and oxygen atoms in total. The van der Waals surface area contributed by atoms with E-state index in [2.05, 4.69) is 32.2 Å². The number of alkyl halides is 9. The van der Waals surface area contributed by atoms with Gasteiger partial charge in [-0.05, 0) is 165 Å². The van der Waals surface area contributed by atoms with Crippen LogP contribution >= 0.6 is 0 Å². The van der Waals surface area contributed by atoms with Crippen molar-refractivity contribution in [3.8, 4) is 0 Å². The molecule has 65 heavy (non-hydrogen) atoms. The van der Waals surface area contributed by atoms with Crippen LogP contribution in [0, 0.1) is 69.0 Å². The number of allylic oxidation sites excluding steroid dienone is 1. The van der Waals surface area contributed by atoms with Crippen molar-refractivity contribution >= 4 is 23.5 Å². The van der Waals surface area contributed by atoms with Gasteiger partial charge in [0.25, 0.3) is 5.54 Å². The van der Waals surface area contributed by atoms with E-state index in [1.807, 2.05) is 0 Å². The average Bonchev–Trinajstić information content (AvgIpc) is 3.76. The Balaban J connectivity index is 0.000000210. The number of ketones is 1. The van der Waals surface area contributed by atoms with Gasteiger partial charge in [0.15, 0.2) is 5.78 Å². The number of benzene rings is 1. The molecule has 8 aliphatic rings. The Morgan fingerprint density at radius 1 is 0.662 bits per heavy atom. The third kappa shape index (κ3) is 7.46. The maximum atomic E-state index is 14.4. The first kappa shape index (κ1) is 47.6. The van der Waals surface area contributed by atoms with Crippen molar-refractivity contribution < 1.29 is 58.7 Å². The van der Waals surface area contributed by atoms with E-state index in [1.165, 1.54) is 11.7 Å². The zero-order valence-electron chi connectivity index (χ0n) is 37.2. The molecule has 13 atom stereocenters. The second-order valence-corrected chi connectivity index (χ2v) is 21.7. The van der Waals surface area contributed by atoms with Gasteiger partial charge in [-0.15, -0.1) is 0 Å². The molecule has 3 amide bonds. The SMILES string of the molecule is C[C@]12C=CC(=O)N[C@@H]1CC[C@@H]1[C@@H]2CC[C@]2(C)[C@@H](C(N)=O)CC[C@@H]12.C[C@]12CCC(=O)C=C1CCC1C2CC[C@@]2(C)C1CC[C@@H]2C(=O)NC(c1ccc(C(F)(F)F)cc1)(C(F)(F)F)C(F)(F)F. The summed E-state index contributed by atoms with van der Waals surface area (Å²) in [5.41, 5.74) is -1.93. The topological polar surface area (TPSA) is 118 Å². The third-order valence-electron chi connectivity index (χ3n) is 19.1. The van der Waals surface area contributed by atoms with Crippen LogP contribution in [0.4, 0.5) is 39.5 Å². The van der Waals surface area contributed by atoms with Gasteiger partial charge in [-0.1, -0.05) is 51.5 Å². The first-order valence-corrected chi connectivity index (χ1v) is 23.3. The highest BCUT2D eigenvalue weighted by molar-refractivity contribution is 5.91. The fraction of sp³-hybridized carbons (Fsp3) is 0.714. The molecule has 358 valence electrons. The summed E-state index contributed by atoms with van der Waals surface area (Å²) in [5.74, 6) is -0.336. The summed E-state index contributed by atoms with van der Waals surface area (Å²) in [6.45, 7) is 8.54. The third-order valence-corrected chi connectivity index (χ3v) is 19.1. The number of primary amides is 1. The maximum Gasteiger partial charge on any atom is 0.424 e. The highest BCUT2D eigenvalue weighted by Gasteiger charge is 2.74. The smallest absolute Gasteiger partial charge is 0.369 e. The number of rotatable bonds is 4. The lowest BCUT2D eigenvalue weighted by Crippen LogP contribution is -2.66. The molecule has 6 fully saturated rings. The van der Waals surface area contributed by atoms with Gasteiger partial charge in [-0.2, -0.15) is 39.5 Å². The summed E-state index contributed by atoms with van der Waals surface area (Å²) < 4.78 is 126. The molecule has 3 unspecified atom stereocenters. The Morgan fingerprint density at radius 2 is 1.22 bits per heavy atom. The van der Waals surface area contributed by atoms with Crippen LogP contribution < -0.4 is 16.4 Å². The minimum Gasteiger partial charge on any atom is -0.369 e. The van der Waals surface area contributed by atoms with Crippen molar-refractivity contribution in [3.05, 3.63) is 59.2 Å². The molecule has 0 bridgehead atoms. The number of nitrogens with two attached hydrogens (primary N) is 1. The van der Waals surface area contributed by atoms with Crippen LogP contribution in [-0.4, -0.2) is 41.9 Å². The molecule has 4 N–H and O–H groups in total. The second kappa shape index (κ2) is 15.9. The number of fused-ring (bicyclic) bond motifs is 10. The van der Waals surface area contributed by atoms with E-state index in [0.29, 0.717) is 56.3 Å². The van der Waals surface area contributed by atoms with Gasteiger partial charge in [0.05, 0.1) is 5.56 Å². The van der Waals surface area contributed by atoms with Gasteiger partial charge in [0, 0.05) is 29.7 Å².